The number of halogens is 1. The fourth-order valence-electron chi connectivity index (χ4n) is 2.30. The first-order valence-electron chi connectivity index (χ1n) is 6.75. The molecule has 0 aliphatic carbocycles. The molecule has 0 amide bonds. The van der Waals surface area contributed by atoms with E-state index in [0.29, 0.717) is 0 Å². The third-order valence-corrected chi connectivity index (χ3v) is 5.31. The van der Waals surface area contributed by atoms with Crippen LogP contribution in [0.3, 0.4) is 0 Å². The largest absolute Gasteiger partial charge is 0.317 e. The van der Waals surface area contributed by atoms with E-state index in [1.54, 1.807) is 11.3 Å². The van der Waals surface area contributed by atoms with Crippen molar-refractivity contribution in [3.05, 3.63) is 45.8 Å². The lowest BCUT2D eigenvalue weighted by molar-refractivity contribution is 0.309. The fraction of sp³-hybridized carbons (Fsp3) is 0.333. The van der Waals surface area contributed by atoms with Crippen LogP contribution in [0.25, 0.3) is 10.1 Å². The van der Waals surface area contributed by atoms with Crippen molar-refractivity contribution in [2.24, 2.45) is 7.05 Å². The minimum absolute atomic E-state index is 0.752. The molecule has 110 valence electrons. The van der Waals surface area contributed by atoms with Crippen molar-refractivity contribution in [1.29, 1.82) is 0 Å². The Kier molecular flexibility index (Phi) is 3.97. The average Bonchev–Trinajstić information content (AvgIpc) is 2.94. The smallest absolute Gasteiger partial charge is 0.146 e. The molecule has 0 aliphatic rings. The summed E-state index contributed by atoms with van der Waals surface area (Å²) in [5, 5.41) is 10.3. The fourth-order valence-corrected chi connectivity index (χ4v) is 3.87. The maximum Gasteiger partial charge on any atom is 0.146 e. The van der Waals surface area contributed by atoms with Gasteiger partial charge in [0.15, 0.2) is 0 Å². The number of hydrogen-bond donors (Lipinski definition) is 0. The molecule has 0 unspecified atom stereocenters. The van der Waals surface area contributed by atoms with Crippen LogP contribution in [0.1, 0.15) is 16.5 Å². The van der Waals surface area contributed by atoms with Gasteiger partial charge < -0.3 is 4.57 Å². The Morgan fingerprint density at radius 3 is 2.67 bits per heavy atom. The van der Waals surface area contributed by atoms with Gasteiger partial charge in [0.25, 0.3) is 0 Å². The molecule has 3 aromatic rings. The van der Waals surface area contributed by atoms with Crippen LogP contribution in [0.4, 0.5) is 0 Å². The van der Waals surface area contributed by atoms with Gasteiger partial charge in [-0.05, 0) is 20.0 Å². The van der Waals surface area contributed by atoms with Gasteiger partial charge in [0.1, 0.15) is 11.6 Å². The van der Waals surface area contributed by atoms with Crippen LogP contribution in [0, 0.1) is 6.92 Å². The van der Waals surface area contributed by atoms with Crippen LogP contribution in [-0.4, -0.2) is 26.7 Å². The summed E-state index contributed by atoms with van der Waals surface area (Å²) < 4.78 is 3.25. The van der Waals surface area contributed by atoms with Gasteiger partial charge >= 0.3 is 0 Å². The summed E-state index contributed by atoms with van der Waals surface area (Å²) in [5.74, 6) is 1.89. The normalized spacial score (nSPS) is 11.7. The summed E-state index contributed by atoms with van der Waals surface area (Å²) in [6.45, 7) is 3.52. The van der Waals surface area contributed by atoms with Crippen LogP contribution in [0.5, 0.6) is 0 Å². The maximum atomic E-state index is 6.49. The molecule has 0 bridgehead atoms. The molecule has 21 heavy (non-hydrogen) atoms. The van der Waals surface area contributed by atoms with E-state index in [1.807, 2.05) is 30.7 Å². The van der Waals surface area contributed by atoms with Gasteiger partial charge in [0, 0.05) is 28.6 Å². The molecule has 3 rings (SSSR count). The molecule has 0 atom stereocenters. The number of aryl methyl sites for hydroxylation is 1. The van der Waals surface area contributed by atoms with Gasteiger partial charge in [-0.2, -0.15) is 0 Å². The zero-order chi connectivity index (χ0) is 15.0. The SMILES string of the molecule is Cc1nnc(CN(C)Cc2sc3ccccc3c2Cl)n1C. The summed E-state index contributed by atoms with van der Waals surface area (Å²) in [6.07, 6.45) is 0. The number of rotatable bonds is 4. The molecular weight excluding hydrogens is 304 g/mol. The molecule has 0 saturated heterocycles. The van der Waals surface area contributed by atoms with Gasteiger partial charge in [-0.25, -0.2) is 0 Å². The molecular formula is C15H17ClN4S. The number of aromatic nitrogens is 3. The van der Waals surface area contributed by atoms with Crippen molar-refractivity contribution in [2.45, 2.75) is 20.0 Å². The predicted octanol–water partition coefficient (Wildman–Crippen LogP) is 3.62. The molecule has 1 aromatic carbocycles. The highest BCUT2D eigenvalue weighted by atomic mass is 35.5. The van der Waals surface area contributed by atoms with Crippen molar-refractivity contribution >= 4 is 33.0 Å². The second-order valence-electron chi connectivity index (χ2n) is 5.23. The van der Waals surface area contributed by atoms with Gasteiger partial charge in [0.2, 0.25) is 0 Å². The first-order valence-corrected chi connectivity index (χ1v) is 7.95. The van der Waals surface area contributed by atoms with E-state index in [2.05, 4.69) is 34.3 Å². The Morgan fingerprint density at radius 2 is 2.00 bits per heavy atom. The molecule has 0 aliphatic heterocycles. The Balaban J connectivity index is 1.78. The summed E-state index contributed by atoms with van der Waals surface area (Å²) in [5.41, 5.74) is 0. The zero-order valence-corrected chi connectivity index (χ0v) is 13.9. The van der Waals surface area contributed by atoms with Crippen LogP contribution >= 0.6 is 22.9 Å². The highest BCUT2D eigenvalue weighted by Crippen LogP contribution is 2.35. The lowest BCUT2D eigenvalue weighted by Gasteiger charge is -2.15. The minimum Gasteiger partial charge on any atom is -0.317 e. The minimum atomic E-state index is 0.752. The topological polar surface area (TPSA) is 34.0 Å². The van der Waals surface area contributed by atoms with Crippen LogP contribution in [0.2, 0.25) is 5.02 Å². The lowest BCUT2D eigenvalue weighted by atomic mass is 10.2. The van der Waals surface area contributed by atoms with Gasteiger partial charge in [-0.1, -0.05) is 29.8 Å². The second kappa shape index (κ2) is 5.75. The van der Waals surface area contributed by atoms with Gasteiger partial charge in [-0.15, -0.1) is 21.5 Å². The van der Waals surface area contributed by atoms with E-state index in [9.17, 15) is 0 Å². The Bertz CT molecular complexity index is 777. The molecule has 0 N–H and O–H groups in total. The lowest BCUT2D eigenvalue weighted by Crippen LogP contribution is -2.19. The van der Waals surface area contributed by atoms with Crippen molar-refractivity contribution in [3.63, 3.8) is 0 Å². The molecule has 4 nitrogen and oxygen atoms in total. The molecule has 0 fully saturated rings. The predicted molar refractivity (Wildman–Crippen MR) is 87.7 cm³/mol. The summed E-state index contributed by atoms with van der Waals surface area (Å²) >= 11 is 8.25. The third-order valence-electron chi connectivity index (χ3n) is 3.61. The van der Waals surface area contributed by atoms with E-state index in [-0.39, 0.29) is 0 Å². The van der Waals surface area contributed by atoms with Crippen molar-refractivity contribution < 1.29 is 0 Å². The first-order chi connectivity index (χ1) is 10.1. The standard InChI is InChI=1S/C15H17ClN4S/c1-10-17-18-14(20(10)3)9-19(2)8-13-15(16)11-6-4-5-7-12(11)21-13/h4-7H,8-9H2,1-3H3. The van der Waals surface area contributed by atoms with E-state index >= 15 is 0 Å². The summed E-state index contributed by atoms with van der Waals surface area (Å²) in [7, 11) is 4.07. The molecule has 2 aromatic heterocycles. The zero-order valence-electron chi connectivity index (χ0n) is 12.3. The quantitative estimate of drug-likeness (QED) is 0.736. The number of benzene rings is 1. The Morgan fingerprint density at radius 1 is 1.24 bits per heavy atom. The Hall–Kier alpha value is -1.43. The van der Waals surface area contributed by atoms with E-state index in [1.165, 1.54) is 9.58 Å². The first kappa shape index (κ1) is 14.5. The van der Waals surface area contributed by atoms with E-state index in [4.69, 9.17) is 11.6 Å². The van der Waals surface area contributed by atoms with Gasteiger partial charge in [0.05, 0.1) is 11.6 Å². The number of fused-ring (bicyclic) bond motifs is 1. The monoisotopic (exact) mass is 320 g/mol. The molecule has 6 heteroatoms. The van der Waals surface area contributed by atoms with E-state index in [0.717, 1.165) is 35.1 Å². The summed E-state index contributed by atoms with van der Waals surface area (Å²) in [4.78, 5) is 3.40. The van der Waals surface area contributed by atoms with Crippen LogP contribution < -0.4 is 0 Å². The van der Waals surface area contributed by atoms with Crippen molar-refractivity contribution in [1.82, 2.24) is 19.7 Å². The number of hydrogen-bond acceptors (Lipinski definition) is 4. The van der Waals surface area contributed by atoms with Gasteiger partial charge in [-0.3, -0.25) is 4.90 Å². The highest BCUT2D eigenvalue weighted by molar-refractivity contribution is 7.19. The summed E-state index contributed by atoms with van der Waals surface area (Å²) in [6, 6.07) is 8.26. The maximum absolute atomic E-state index is 6.49. The highest BCUT2D eigenvalue weighted by Gasteiger charge is 2.14. The molecule has 0 spiro atoms. The number of nitrogens with zero attached hydrogens (tertiary/aromatic N) is 4. The number of thiophene rings is 1. The van der Waals surface area contributed by atoms with Crippen LogP contribution in [0.15, 0.2) is 24.3 Å². The molecule has 0 saturated carbocycles. The molecule has 2 heterocycles. The van der Waals surface area contributed by atoms with E-state index < -0.39 is 0 Å². The Labute approximate surface area is 133 Å². The van der Waals surface area contributed by atoms with Crippen molar-refractivity contribution in [3.8, 4) is 0 Å². The third kappa shape index (κ3) is 2.81. The molecule has 0 radical (unpaired) electrons. The second-order valence-corrected chi connectivity index (χ2v) is 6.74. The van der Waals surface area contributed by atoms with Crippen molar-refractivity contribution in [2.75, 3.05) is 7.05 Å². The van der Waals surface area contributed by atoms with Crippen LogP contribution in [-0.2, 0) is 20.1 Å². The average molecular weight is 321 g/mol.